The van der Waals surface area contributed by atoms with Crippen LogP contribution < -0.4 is 10.1 Å². The number of nitriles is 1. The maximum Gasteiger partial charge on any atom is 0.251 e. The first-order chi connectivity index (χ1) is 10.2. The quantitative estimate of drug-likeness (QED) is 0.916. The van der Waals surface area contributed by atoms with E-state index in [1.165, 1.54) is 0 Å². The molecule has 0 saturated carbocycles. The number of methoxy groups -OCH3 is 1. The zero-order valence-corrected chi connectivity index (χ0v) is 11.8. The molecule has 4 nitrogen and oxygen atoms in total. The molecule has 0 aliphatic heterocycles. The van der Waals surface area contributed by atoms with Crippen molar-refractivity contribution < 1.29 is 9.53 Å². The number of benzene rings is 2. The Balaban J connectivity index is 1.93. The number of ether oxygens (including phenoxy) is 1. The van der Waals surface area contributed by atoms with Crippen molar-refractivity contribution in [3.05, 3.63) is 65.2 Å². The second kappa shape index (κ2) is 7.11. The molecule has 2 aromatic carbocycles. The lowest BCUT2D eigenvalue weighted by Gasteiger charge is -2.07. The van der Waals surface area contributed by atoms with Crippen molar-refractivity contribution in [3.8, 4) is 11.8 Å². The molecular weight excluding hydrogens is 264 g/mol. The fraction of sp³-hybridized carbons (Fsp3) is 0.176. The summed E-state index contributed by atoms with van der Waals surface area (Å²) in [6, 6.07) is 16.7. The van der Waals surface area contributed by atoms with Crippen LogP contribution in [-0.4, -0.2) is 13.0 Å². The molecule has 0 heterocycles. The minimum Gasteiger partial charge on any atom is -0.497 e. The van der Waals surface area contributed by atoms with Gasteiger partial charge in [0.05, 0.1) is 19.6 Å². The fourth-order valence-electron chi connectivity index (χ4n) is 1.89. The van der Waals surface area contributed by atoms with E-state index < -0.39 is 0 Å². The summed E-state index contributed by atoms with van der Waals surface area (Å²) >= 11 is 0. The molecule has 4 heteroatoms. The third-order valence-corrected chi connectivity index (χ3v) is 3.11. The largest absolute Gasteiger partial charge is 0.497 e. The number of carbonyl (C=O) groups is 1. The van der Waals surface area contributed by atoms with Gasteiger partial charge >= 0.3 is 0 Å². The molecule has 0 saturated heterocycles. The summed E-state index contributed by atoms with van der Waals surface area (Å²) in [5.41, 5.74) is 2.50. The van der Waals surface area contributed by atoms with Gasteiger partial charge in [0.15, 0.2) is 0 Å². The third-order valence-electron chi connectivity index (χ3n) is 3.11. The van der Waals surface area contributed by atoms with E-state index in [-0.39, 0.29) is 5.91 Å². The Kier molecular flexibility index (Phi) is 4.94. The van der Waals surface area contributed by atoms with Crippen molar-refractivity contribution in [1.82, 2.24) is 5.32 Å². The summed E-state index contributed by atoms with van der Waals surface area (Å²) in [7, 11) is 1.62. The fourth-order valence-corrected chi connectivity index (χ4v) is 1.89. The van der Waals surface area contributed by atoms with Gasteiger partial charge in [-0.3, -0.25) is 4.79 Å². The summed E-state index contributed by atoms with van der Waals surface area (Å²) in [6.07, 6.45) is 0.355. The predicted molar refractivity (Wildman–Crippen MR) is 79.9 cm³/mol. The highest BCUT2D eigenvalue weighted by Gasteiger charge is 2.05. The minimum absolute atomic E-state index is 0.130. The van der Waals surface area contributed by atoms with Crippen LogP contribution in [0, 0.1) is 11.3 Å². The van der Waals surface area contributed by atoms with Gasteiger partial charge in [-0.2, -0.15) is 5.26 Å². The van der Waals surface area contributed by atoms with Crippen LogP contribution in [0.4, 0.5) is 0 Å². The van der Waals surface area contributed by atoms with E-state index in [1.807, 2.05) is 24.3 Å². The van der Waals surface area contributed by atoms with Crippen LogP contribution in [0.5, 0.6) is 5.75 Å². The molecular formula is C17H16N2O2. The van der Waals surface area contributed by atoms with Crippen molar-refractivity contribution in [2.45, 2.75) is 13.0 Å². The molecule has 1 N–H and O–H groups in total. The maximum atomic E-state index is 12.0. The van der Waals surface area contributed by atoms with E-state index in [0.29, 0.717) is 18.5 Å². The Bertz CT molecular complexity index is 640. The van der Waals surface area contributed by atoms with Gasteiger partial charge in [0.25, 0.3) is 5.91 Å². The van der Waals surface area contributed by atoms with Crippen LogP contribution in [0.25, 0.3) is 0 Å². The van der Waals surface area contributed by atoms with Crippen LogP contribution in [-0.2, 0) is 13.0 Å². The van der Waals surface area contributed by atoms with Gasteiger partial charge in [-0.25, -0.2) is 0 Å². The highest BCUT2D eigenvalue weighted by molar-refractivity contribution is 5.94. The Labute approximate surface area is 124 Å². The summed E-state index contributed by atoms with van der Waals surface area (Å²) < 4.78 is 5.08. The van der Waals surface area contributed by atoms with Gasteiger partial charge in [0.1, 0.15) is 5.75 Å². The lowest BCUT2D eigenvalue weighted by atomic mass is 10.1. The molecule has 0 aliphatic carbocycles. The molecule has 0 radical (unpaired) electrons. The molecule has 0 aliphatic rings. The van der Waals surface area contributed by atoms with E-state index >= 15 is 0 Å². The number of amides is 1. The molecule has 0 aromatic heterocycles. The number of carbonyl (C=O) groups excluding carboxylic acids is 1. The predicted octanol–water partition coefficient (Wildman–Crippen LogP) is 2.69. The van der Waals surface area contributed by atoms with Gasteiger partial charge in [-0.1, -0.05) is 24.3 Å². The minimum atomic E-state index is -0.130. The van der Waals surface area contributed by atoms with Gasteiger partial charge < -0.3 is 10.1 Å². The Hall–Kier alpha value is -2.80. The second-order valence-corrected chi connectivity index (χ2v) is 4.56. The average molecular weight is 280 g/mol. The lowest BCUT2D eigenvalue weighted by Crippen LogP contribution is -2.22. The van der Waals surface area contributed by atoms with E-state index in [9.17, 15) is 4.79 Å². The van der Waals surface area contributed by atoms with Gasteiger partial charge in [-0.15, -0.1) is 0 Å². The van der Waals surface area contributed by atoms with Crippen molar-refractivity contribution in [2.24, 2.45) is 0 Å². The van der Waals surface area contributed by atoms with Crippen molar-refractivity contribution in [1.29, 1.82) is 5.26 Å². The van der Waals surface area contributed by atoms with E-state index in [4.69, 9.17) is 10.00 Å². The highest BCUT2D eigenvalue weighted by atomic mass is 16.5. The summed E-state index contributed by atoms with van der Waals surface area (Å²) in [5, 5.41) is 11.5. The van der Waals surface area contributed by atoms with Crippen molar-refractivity contribution in [3.63, 3.8) is 0 Å². The molecule has 2 rings (SSSR count). The summed E-state index contributed by atoms with van der Waals surface area (Å²) in [5.74, 6) is 0.660. The average Bonchev–Trinajstić information content (AvgIpc) is 2.54. The van der Waals surface area contributed by atoms with Crippen LogP contribution in [0.15, 0.2) is 48.5 Å². The van der Waals surface area contributed by atoms with Crippen LogP contribution in [0.3, 0.4) is 0 Å². The SMILES string of the molecule is COc1ccc(CNC(=O)c2ccc(CC#N)cc2)cc1. The molecule has 0 fully saturated rings. The topological polar surface area (TPSA) is 62.1 Å². The summed E-state index contributed by atoms with van der Waals surface area (Å²) in [4.78, 5) is 12.0. The first-order valence-electron chi connectivity index (χ1n) is 6.60. The summed E-state index contributed by atoms with van der Waals surface area (Å²) in [6.45, 7) is 0.461. The van der Waals surface area contributed by atoms with Crippen LogP contribution in [0.2, 0.25) is 0 Å². The first kappa shape index (κ1) is 14.6. The number of rotatable bonds is 5. The Morgan fingerprint density at radius 2 is 1.71 bits per heavy atom. The number of hydrogen-bond donors (Lipinski definition) is 1. The lowest BCUT2D eigenvalue weighted by molar-refractivity contribution is 0.0951. The smallest absolute Gasteiger partial charge is 0.251 e. The monoisotopic (exact) mass is 280 g/mol. The number of nitrogens with zero attached hydrogens (tertiary/aromatic N) is 1. The second-order valence-electron chi connectivity index (χ2n) is 4.56. The zero-order valence-electron chi connectivity index (χ0n) is 11.8. The first-order valence-corrected chi connectivity index (χ1v) is 6.60. The Morgan fingerprint density at radius 1 is 1.10 bits per heavy atom. The maximum absolute atomic E-state index is 12.0. The van der Waals surface area contributed by atoms with Gasteiger partial charge in [0.2, 0.25) is 0 Å². The van der Waals surface area contributed by atoms with E-state index in [2.05, 4.69) is 11.4 Å². The zero-order chi connectivity index (χ0) is 15.1. The standard InChI is InChI=1S/C17H16N2O2/c1-21-16-8-4-14(5-9-16)12-19-17(20)15-6-2-13(3-7-15)10-11-18/h2-9H,10,12H2,1H3,(H,19,20). The number of hydrogen-bond acceptors (Lipinski definition) is 3. The molecule has 106 valence electrons. The molecule has 1 amide bonds. The van der Waals surface area contributed by atoms with E-state index in [0.717, 1.165) is 16.9 Å². The van der Waals surface area contributed by atoms with Crippen LogP contribution in [0.1, 0.15) is 21.5 Å². The Morgan fingerprint density at radius 3 is 2.29 bits per heavy atom. The molecule has 2 aromatic rings. The molecule has 0 bridgehead atoms. The normalized spacial score (nSPS) is 9.71. The van der Waals surface area contributed by atoms with Crippen LogP contribution >= 0.6 is 0 Å². The van der Waals surface area contributed by atoms with Gasteiger partial charge in [0, 0.05) is 12.1 Å². The van der Waals surface area contributed by atoms with Gasteiger partial charge in [-0.05, 0) is 35.4 Å². The third kappa shape index (κ3) is 4.08. The molecule has 0 spiro atoms. The molecule has 0 atom stereocenters. The van der Waals surface area contributed by atoms with Crippen molar-refractivity contribution >= 4 is 5.91 Å². The molecule has 21 heavy (non-hydrogen) atoms. The van der Waals surface area contributed by atoms with E-state index in [1.54, 1.807) is 31.4 Å². The number of nitrogens with one attached hydrogen (secondary N) is 1. The molecule has 0 unspecified atom stereocenters. The van der Waals surface area contributed by atoms with Crippen molar-refractivity contribution in [2.75, 3.05) is 7.11 Å². The highest BCUT2D eigenvalue weighted by Crippen LogP contribution is 2.11.